The number of carbonyl (C=O) groups is 1. The maximum Gasteiger partial charge on any atom is 0.279 e. The van der Waals surface area contributed by atoms with Crippen LogP contribution in [0.5, 0.6) is 5.75 Å². The second kappa shape index (κ2) is 5.54. The molecule has 0 atom stereocenters. The van der Waals surface area contributed by atoms with Crippen molar-refractivity contribution in [2.75, 3.05) is 13.4 Å². The van der Waals surface area contributed by atoms with E-state index < -0.39 is 0 Å². The lowest BCUT2D eigenvalue weighted by atomic mass is 10.2. The molecular weight excluding hydrogens is 198 g/mol. The molecule has 4 heteroatoms. The van der Waals surface area contributed by atoms with Crippen LogP contribution in [-0.2, 0) is 6.54 Å². The van der Waals surface area contributed by atoms with Gasteiger partial charge in [0.15, 0.2) is 0 Å². The Morgan fingerprint density at radius 2 is 2.07 bits per heavy atom. The van der Waals surface area contributed by atoms with Crippen molar-refractivity contribution >= 4 is 17.0 Å². The smallest absolute Gasteiger partial charge is 0.279 e. The molecule has 0 bridgehead atoms. The van der Waals surface area contributed by atoms with E-state index in [1.54, 1.807) is 13.4 Å². The first-order chi connectivity index (χ1) is 6.76. The topological polar surface area (TPSA) is 38.3 Å². The highest BCUT2D eigenvalue weighted by Crippen LogP contribution is 2.11. The minimum absolute atomic E-state index is 0.0131. The Balaban J connectivity index is 2.47. The lowest BCUT2D eigenvalue weighted by Crippen LogP contribution is -2.17. The van der Waals surface area contributed by atoms with Crippen LogP contribution >= 0.6 is 11.8 Å². The van der Waals surface area contributed by atoms with Gasteiger partial charge in [-0.05, 0) is 24.0 Å². The van der Waals surface area contributed by atoms with Gasteiger partial charge in [0.1, 0.15) is 5.75 Å². The van der Waals surface area contributed by atoms with E-state index in [1.807, 2.05) is 24.3 Å². The Morgan fingerprint density at radius 1 is 1.43 bits per heavy atom. The molecule has 0 spiro atoms. The van der Waals surface area contributed by atoms with Gasteiger partial charge in [-0.1, -0.05) is 23.9 Å². The lowest BCUT2D eigenvalue weighted by Gasteiger charge is -2.04. The number of hydrogen-bond donors (Lipinski definition) is 1. The Kier molecular flexibility index (Phi) is 4.32. The summed E-state index contributed by atoms with van der Waals surface area (Å²) in [6.45, 7) is 0.559. The van der Waals surface area contributed by atoms with Crippen LogP contribution in [0.25, 0.3) is 0 Å². The summed E-state index contributed by atoms with van der Waals surface area (Å²) in [4.78, 5) is 10.9. The van der Waals surface area contributed by atoms with Crippen LogP contribution in [-0.4, -0.2) is 18.6 Å². The number of nitrogens with one attached hydrogen (secondary N) is 1. The van der Waals surface area contributed by atoms with Crippen LogP contribution in [0.4, 0.5) is 4.79 Å². The standard InChI is InChI=1S/C10H13NO2S/c1-13-9-5-3-8(4-6-9)7-11-10(12)14-2/h3-6H,7H2,1-2H3,(H,11,12). The van der Waals surface area contributed by atoms with Crippen molar-refractivity contribution in [1.29, 1.82) is 0 Å². The normalized spacial score (nSPS) is 9.57. The Bertz CT molecular complexity index is 297. The summed E-state index contributed by atoms with van der Waals surface area (Å²) in [5.41, 5.74) is 1.06. The van der Waals surface area contributed by atoms with E-state index in [2.05, 4.69) is 5.32 Å². The Hall–Kier alpha value is -1.16. The van der Waals surface area contributed by atoms with Crippen LogP contribution in [0.15, 0.2) is 24.3 Å². The molecular formula is C10H13NO2S. The first kappa shape index (κ1) is 10.9. The van der Waals surface area contributed by atoms with Crippen molar-refractivity contribution in [3.8, 4) is 5.75 Å². The van der Waals surface area contributed by atoms with Crippen molar-refractivity contribution < 1.29 is 9.53 Å². The Morgan fingerprint density at radius 3 is 2.57 bits per heavy atom. The van der Waals surface area contributed by atoms with Crippen molar-refractivity contribution in [1.82, 2.24) is 5.32 Å². The van der Waals surface area contributed by atoms with Gasteiger partial charge in [0, 0.05) is 6.54 Å². The second-order valence-corrected chi connectivity index (χ2v) is 3.47. The molecule has 1 N–H and O–H groups in total. The van der Waals surface area contributed by atoms with Crippen LogP contribution in [0, 0.1) is 0 Å². The predicted octanol–water partition coefficient (Wildman–Crippen LogP) is 2.27. The molecule has 0 radical (unpaired) electrons. The van der Waals surface area contributed by atoms with Crippen LogP contribution in [0.2, 0.25) is 0 Å². The minimum atomic E-state index is -0.0131. The molecule has 1 amide bonds. The van der Waals surface area contributed by atoms with Crippen LogP contribution in [0.3, 0.4) is 0 Å². The van der Waals surface area contributed by atoms with Crippen molar-refractivity contribution in [3.63, 3.8) is 0 Å². The van der Waals surface area contributed by atoms with Gasteiger partial charge in [-0.25, -0.2) is 0 Å². The Labute approximate surface area is 87.8 Å². The molecule has 1 aromatic carbocycles. The highest BCUT2D eigenvalue weighted by atomic mass is 32.2. The van der Waals surface area contributed by atoms with E-state index >= 15 is 0 Å². The first-order valence-corrected chi connectivity index (χ1v) is 5.43. The van der Waals surface area contributed by atoms with E-state index in [0.29, 0.717) is 6.54 Å². The highest BCUT2D eigenvalue weighted by molar-refractivity contribution is 8.12. The van der Waals surface area contributed by atoms with E-state index in [-0.39, 0.29) is 5.24 Å². The summed E-state index contributed by atoms with van der Waals surface area (Å²) < 4.78 is 5.02. The fourth-order valence-corrected chi connectivity index (χ4v) is 1.21. The molecule has 0 saturated heterocycles. The molecule has 0 aliphatic heterocycles. The number of carbonyl (C=O) groups excluding carboxylic acids is 1. The molecule has 0 aliphatic carbocycles. The number of ether oxygens (including phenoxy) is 1. The van der Waals surface area contributed by atoms with Gasteiger partial charge in [-0.3, -0.25) is 4.79 Å². The van der Waals surface area contributed by atoms with Gasteiger partial charge in [0.25, 0.3) is 5.24 Å². The number of amides is 1. The van der Waals surface area contributed by atoms with E-state index in [1.165, 1.54) is 11.8 Å². The summed E-state index contributed by atoms with van der Waals surface area (Å²) in [5, 5.41) is 2.76. The third-order valence-corrected chi connectivity index (χ3v) is 2.30. The van der Waals surface area contributed by atoms with Gasteiger partial charge in [0.05, 0.1) is 7.11 Å². The average Bonchev–Trinajstić information content (AvgIpc) is 2.26. The van der Waals surface area contributed by atoms with Crippen molar-refractivity contribution in [3.05, 3.63) is 29.8 Å². The molecule has 0 aliphatic rings. The fourth-order valence-electron chi connectivity index (χ4n) is 0.990. The molecule has 14 heavy (non-hydrogen) atoms. The van der Waals surface area contributed by atoms with Gasteiger partial charge >= 0.3 is 0 Å². The summed E-state index contributed by atoms with van der Waals surface area (Å²) >= 11 is 1.18. The zero-order valence-electron chi connectivity index (χ0n) is 8.24. The number of hydrogen-bond acceptors (Lipinski definition) is 3. The lowest BCUT2D eigenvalue weighted by molar-refractivity contribution is 0.260. The van der Waals surface area contributed by atoms with Crippen molar-refractivity contribution in [2.24, 2.45) is 0 Å². The maximum atomic E-state index is 10.9. The number of methoxy groups -OCH3 is 1. The maximum absolute atomic E-state index is 10.9. The van der Waals surface area contributed by atoms with E-state index in [9.17, 15) is 4.79 Å². The van der Waals surface area contributed by atoms with Gasteiger partial charge in [-0.15, -0.1) is 0 Å². The summed E-state index contributed by atoms with van der Waals surface area (Å²) in [6, 6.07) is 7.61. The zero-order chi connectivity index (χ0) is 10.4. The molecule has 1 aromatic rings. The summed E-state index contributed by atoms with van der Waals surface area (Å²) in [7, 11) is 1.63. The van der Waals surface area contributed by atoms with Gasteiger partial charge in [-0.2, -0.15) is 0 Å². The monoisotopic (exact) mass is 211 g/mol. The fraction of sp³-hybridized carbons (Fsp3) is 0.300. The van der Waals surface area contributed by atoms with E-state index in [0.717, 1.165) is 11.3 Å². The van der Waals surface area contributed by atoms with Crippen LogP contribution in [0.1, 0.15) is 5.56 Å². The number of thioether (sulfide) groups is 1. The molecule has 0 fully saturated rings. The quantitative estimate of drug-likeness (QED) is 0.833. The molecule has 1 rings (SSSR count). The van der Waals surface area contributed by atoms with Crippen LogP contribution < -0.4 is 10.1 Å². The highest BCUT2D eigenvalue weighted by Gasteiger charge is 1.98. The van der Waals surface area contributed by atoms with Crippen molar-refractivity contribution in [2.45, 2.75) is 6.54 Å². The largest absolute Gasteiger partial charge is 0.497 e. The molecule has 3 nitrogen and oxygen atoms in total. The molecule has 76 valence electrons. The second-order valence-electron chi connectivity index (χ2n) is 2.69. The molecule has 0 aromatic heterocycles. The minimum Gasteiger partial charge on any atom is -0.497 e. The number of benzene rings is 1. The third-order valence-electron chi connectivity index (χ3n) is 1.78. The predicted molar refractivity (Wildman–Crippen MR) is 58.7 cm³/mol. The zero-order valence-corrected chi connectivity index (χ0v) is 9.06. The number of rotatable bonds is 3. The van der Waals surface area contributed by atoms with Gasteiger partial charge < -0.3 is 10.1 Å². The summed E-state index contributed by atoms with van der Waals surface area (Å²) in [6.07, 6.45) is 1.75. The summed E-state index contributed by atoms with van der Waals surface area (Å²) in [5.74, 6) is 0.824. The van der Waals surface area contributed by atoms with Gasteiger partial charge in [0.2, 0.25) is 0 Å². The molecule has 0 saturated carbocycles. The van der Waals surface area contributed by atoms with E-state index in [4.69, 9.17) is 4.74 Å². The first-order valence-electron chi connectivity index (χ1n) is 4.21. The molecule has 0 unspecified atom stereocenters. The SMILES string of the molecule is COc1ccc(CNC(=O)SC)cc1. The third kappa shape index (κ3) is 3.30. The molecule has 0 heterocycles. The average molecular weight is 211 g/mol.